The minimum atomic E-state index is -2.97. The van der Waals surface area contributed by atoms with Crippen LogP contribution < -0.4 is 16.8 Å². The summed E-state index contributed by atoms with van der Waals surface area (Å²) < 4.78 is 28.9. The third-order valence-electron chi connectivity index (χ3n) is 4.01. The monoisotopic (exact) mass is 266 g/mol. The molecule has 0 saturated carbocycles. The molecule has 0 unspecified atom stereocenters. The number of benzene rings is 1. The highest BCUT2D eigenvalue weighted by molar-refractivity contribution is 5.80. The van der Waals surface area contributed by atoms with Crippen LogP contribution in [0, 0.1) is 0 Å². The summed E-state index contributed by atoms with van der Waals surface area (Å²) in [4.78, 5) is 3.63. The largest absolute Gasteiger partial charge is 0.399 e. The fourth-order valence-electron chi connectivity index (χ4n) is 3.07. The van der Waals surface area contributed by atoms with Gasteiger partial charge in [0.2, 0.25) is 0 Å². The van der Waals surface area contributed by atoms with Crippen LogP contribution in [0.25, 0.3) is 0 Å². The van der Waals surface area contributed by atoms with Crippen molar-refractivity contribution in [1.29, 1.82) is 0 Å². The summed E-state index contributed by atoms with van der Waals surface area (Å²) in [5.41, 5.74) is 11.9. The van der Waals surface area contributed by atoms with E-state index in [2.05, 4.69) is 10.3 Å². The maximum atomic E-state index is 14.5. The zero-order valence-corrected chi connectivity index (χ0v) is 10.4. The molecular weight excluding hydrogens is 250 g/mol. The molecule has 5 N–H and O–H groups in total. The third kappa shape index (κ3) is 1.66. The molecule has 102 valence electrons. The van der Waals surface area contributed by atoms with Gasteiger partial charge >= 0.3 is 0 Å². The quantitative estimate of drug-likeness (QED) is 0.620. The first-order valence-electron chi connectivity index (χ1n) is 6.29. The Labute approximate surface area is 109 Å². The number of nitrogens with zero attached hydrogens (tertiary/aromatic N) is 1. The van der Waals surface area contributed by atoms with E-state index in [0.717, 1.165) is 12.0 Å². The highest BCUT2D eigenvalue weighted by atomic mass is 19.3. The molecular formula is C13H16F2N4. The maximum Gasteiger partial charge on any atom is 0.294 e. The number of anilines is 1. The van der Waals surface area contributed by atoms with E-state index in [1.54, 1.807) is 12.1 Å². The van der Waals surface area contributed by atoms with Crippen molar-refractivity contribution in [2.75, 3.05) is 12.3 Å². The van der Waals surface area contributed by atoms with Crippen LogP contribution in [-0.4, -0.2) is 18.4 Å². The van der Waals surface area contributed by atoms with Gasteiger partial charge in [0.1, 0.15) is 12.1 Å². The molecule has 2 aliphatic rings. The van der Waals surface area contributed by atoms with Crippen molar-refractivity contribution in [3.63, 3.8) is 0 Å². The molecule has 0 saturated heterocycles. The summed E-state index contributed by atoms with van der Waals surface area (Å²) in [6.45, 7) is -0.583. The van der Waals surface area contributed by atoms with Crippen LogP contribution >= 0.6 is 0 Å². The van der Waals surface area contributed by atoms with Crippen LogP contribution in [0.3, 0.4) is 0 Å². The number of aryl methyl sites for hydroxylation is 1. The Morgan fingerprint density at radius 1 is 1.26 bits per heavy atom. The van der Waals surface area contributed by atoms with E-state index in [-0.39, 0.29) is 5.96 Å². The van der Waals surface area contributed by atoms with Gasteiger partial charge in [-0.1, -0.05) is 6.07 Å². The average molecular weight is 266 g/mol. The standard InChI is InChI=1S/C13H16F2N4/c14-13(15)7-18-11(17)19-12(13)5-1-2-8-3-4-9(16)6-10(8)12/h3-4,6H,1-2,5,7,16H2,(H3,17,18,19)/t12-/m1/s1. The number of aliphatic imine (C=N–C) groups is 1. The van der Waals surface area contributed by atoms with Gasteiger partial charge in [0.05, 0.1) is 0 Å². The molecule has 0 radical (unpaired) electrons. The highest BCUT2D eigenvalue weighted by Crippen LogP contribution is 2.47. The third-order valence-corrected chi connectivity index (χ3v) is 4.01. The van der Waals surface area contributed by atoms with E-state index in [1.165, 1.54) is 0 Å². The van der Waals surface area contributed by atoms with E-state index < -0.39 is 18.0 Å². The van der Waals surface area contributed by atoms with E-state index in [1.807, 2.05) is 6.07 Å². The average Bonchev–Trinajstić information content (AvgIpc) is 2.36. The number of alkyl halides is 2. The topological polar surface area (TPSA) is 76.4 Å². The van der Waals surface area contributed by atoms with E-state index in [4.69, 9.17) is 11.5 Å². The molecule has 1 heterocycles. The van der Waals surface area contributed by atoms with Crippen molar-refractivity contribution >= 4 is 11.6 Å². The summed E-state index contributed by atoms with van der Waals surface area (Å²) >= 11 is 0. The molecule has 1 aromatic carbocycles. The number of guanidine groups is 1. The molecule has 1 atom stereocenters. The molecule has 0 bridgehead atoms. The summed E-state index contributed by atoms with van der Waals surface area (Å²) in [5, 5.41) is 2.73. The Morgan fingerprint density at radius 3 is 2.84 bits per heavy atom. The van der Waals surface area contributed by atoms with Crippen LogP contribution in [0.2, 0.25) is 0 Å². The first kappa shape index (κ1) is 12.2. The second-order valence-electron chi connectivity index (χ2n) is 5.21. The smallest absolute Gasteiger partial charge is 0.294 e. The number of fused-ring (bicyclic) bond motifs is 2. The summed E-state index contributed by atoms with van der Waals surface area (Å²) in [5.74, 6) is -2.90. The molecule has 0 fully saturated rings. The summed E-state index contributed by atoms with van der Waals surface area (Å²) in [7, 11) is 0. The van der Waals surface area contributed by atoms with Gasteiger partial charge in [-0.2, -0.15) is 0 Å². The van der Waals surface area contributed by atoms with Gasteiger partial charge in [-0.05, 0) is 42.5 Å². The van der Waals surface area contributed by atoms with Crippen molar-refractivity contribution in [3.05, 3.63) is 29.3 Å². The second kappa shape index (κ2) is 3.82. The number of nitrogens with two attached hydrogens (primary N) is 2. The molecule has 19 heavy (non-hydrogen) atoms. The number of halogens is 2. The van der Waals surface area contributed by atoms with Crippen LogP contribution in [0.1, 0.15) is 24.0 Å². The van der Waals surface area contributed by atoms with Gasteiger partial charge in [0, 0.05) is 5.69 Å². The molecule has 1 aromatic rings. The number of nitrogens with one attached hydrogen (secondary N) is 1. The van der Waals surface area contributed by atoms with Gasteiger partial charge in [0.15, 0.2) is 5.96 Å². The molecule has 3 rings (SSSR count). The molecule has 4 nitrogen and oxygen atoms in total. The Kier molecular flexibility index (Phi) is 2.45. The van der Waals surface area contributed by atoms with Gasteiger partial charge in [0.25, 0.3) is 5.92 Å². The van der Waals surface area contributed by atoms with E-state index in [0.29, 0.717) is 24.1 Å². The number of hydrogen-bond acceptors (Lipinski definition) is 4. The SMILES string of the molecule is NC1=NCC(F)(F)[C@]2(CCCc3ccc(N)cc32)N1. The van der Waals surface area contributed by atoms with E-state index >= 15 is 0 Å². The predicted molar refractivity (Wildman–Crippen MR) is 70.0 cm³/mol. The molecule has 0 amide bonds. The van der Waals surface area contributed by atoms with Crippen molar-refractivity contribution in [2.24, 2.45) is 10.7 Å². The first-order chi connectivity index (χ1) is 8.95. The van der Waals surface area contributed by atoms with Crippen LogP contribution in [0.4, 0.5) is 14.5 Å². The lowest BCUT2D eigenvalue weighted by Gasteiger charge is -2.46. The number of nitrogen functional groups attached to an aromatic ring is 1. The molecule has 6 heteroatoms. The van der Waals surface area contributed by atoms with Gasteiger partial charge in [-0.25, -0.2) is 13.8 Å². The Balaban J connectivity index is 2.21. The Hall–Kier alpha value is -1.85. The van der Waals surface area contributed by atoms with Crippen LogP contribution in [0.15, 0.2) is 23.2 Å². The zero-order chi connectivity index (χ0) is 13.7. The lowest BCUT2D eigenvalue weighted by atomic mass is 9.72. The van der Waals surface area contributed by atoms with Crippen LogP contribution in [0.5, 0.6) is 0 Å². The summed E-state index contributed by atoms with van der Waals surface area (Å²) in [6.07, 6.45) is 1.80. The van der Waals surface area contributed by atoms with Crippen molar-refractivity contribution < 1.29 is 8.78 Å². The van der Waals surface area contributed by atoms with Crippen molar-refractivity contribution in [1.82, 2.24) is 5.32 Å². The molecule has 1 spiro atoms. The zero-order valence-electron chi connectivity index (χ0n) is 10.4. The second-order valence-corrected chi connectivity index (χ2v) is 5.21. The fourth-order valence-corrected chi connectivity index (χ4v) is 3.07. The normalized spacial score (nSPS) is 28.4. The Morgan fingerprint density at radius 2 is 2.05 bits per heavy atom. The van der Waals surface area contributed by atoms with Crippen molar-refractivity contribution in [3.8, 4) is 0 Å². The van der Waals surface area contributed by atoms with Gasteiger partial charge in [-0.15, -0.1) is 0 Å². The lowest BCUT2D eigenvalue weighted by molar-refractivity contribution is -0.0905. The van der Waals surface area contributed by atoms with Gasteiger partial charge in [-0.3, -0.25) is 0 Å². The Bertz CT molecular complexity index is 556. The van der Waals surface area contributed by atoms with Gasteiger partial charge < -0.3 is 16.8 Å². The first-order valence-corrected chi connectivity index (χ1v) is 6.29. The van der Waals surface area contributed by atoms with Crippen molar-refractivity contribution in [2.45, 2.75) is 30.7 Å². The minimum Gasteiger partial charge on any atom is -0.399 e. The lowest BCUT2D eigenvalue weighted by Crippen LogP contribution is -2.64. The highest BCUT2D eigenvalue weighted by Gasteiger charge is 2.58. The number of hydrogen-bond donors (Lipinski definition) is 3. The fraction of sp³-hybridized carbons (Fsp3) is 0.462. The molecule has 0 aromatic heterocycles. The maximum absolute atomic E-state index is 14.5. The number of rotatable bonds is 0. The van der Waals surface area contributed by atoms with E-state index in [9.17, 15) is 8.78 Å². The molecule has 1 aliphatic carbocycles. The summed E-state index contributed by atoms with van der Waals surface area (Å²) in [6, 6.07) is 5.20. The predicted octanol–water partition coefficient (Wildman–Crippen LogP) is 1.35. The van der Waals surface area contributed by atoms with Crippen LogP contribution in [-0.2, 0) is 12.0 Å². The molecule has 1 aliphatic heterocycles. The minimum absolute atomic E-state index is 0.0706.